The molecule has 0 unspecified atom stereocenters. The van der Waals surface area contributed by atoms with E-state index in [-0.39, 0.29) is 12.3 Å². The maximum atomic E-state index is 10.6. The summed E-state index contributed by atoms with van der Waals surface area (Å²) in [6.45, 7) is 3.28. The molecule has 0 aliphatic carbocycles. The van der Waals surface area contributed by atoms with E-state index >= 15 is 0 Å². The Kier molecular flexibility index (Phi) is 4.62. The van der Waals surface area contributed by atoms with E-state index in [4.69, 9.17) is 9.47 Å². The van der Waals surface area contributed by atoms with Gasteiger partial charge >= 0.3 is 0 Å². The normalized spacial score (nSPS) is 14.5. The van der Waals surface area contributed by atoms with Gasteiger partial charge in [-0.25, -0.2) is 0 Å². The highest BCUT2D eigenvalue weighted by Crippen LogP contribution is 2.16. The van der Waals surface area contributed by atoms with E-state index in [9.17, 15) is 10.1 Å². The minimum Gasteiger partial charge on any atom is -0.472 e. The van der Waals surface area contributed by atoms with Crippen LogP contribution in [0.3, 0.4) is 0 Å². The smallest absolute Gasteiger partial charge is 0.269 e. The molecule has 8 nitrogen and oxygen atoms in total. The average Bonchev–Trinajstić information content (AvgIpc) is 2.61. The van der Waals surface area contributed by atoms with Crippen LogP contribution in [-0.4, -0.2) is 41.4 Å². The Balaban J connectivity index is 1.56. The van der Waals surface area contributed by atoms with Gasteiger partial charge in [0, 0.05) is 31.3 Å². The molecule has 0 atom stereocenters. The number of nitro groups is 1. The van der Waals surface area contributed by atoms with Gasteiger partial charge in [0.05, 0.1) is 18.1 Å². The topological polar surface area (TPSA) is 90.6 Å². The van der Waals surface area contributed by atoms with Crippen LogP contribution in [0.15, 0.2) is 36.4 Å². The molecule has 1 aromatic carbocycles. The summed E-state index contributed by atoms with van der Waals surface area (Å²) in [5.74, 6) is 1.22. The van der Waals surface area contributed by atoms with E-state index in [0.29, 0.717) is 19.1 Å². The molecule has 0 bridgehead atoms. The number of non-ortho nitro benzene ring substituents is 1. The van der Waals surface area contributed by atoms with Crippen LogP contribution in [-0.2, 0) is 11.3 Å². The molecule has 1 aliphatic heterocycles. The Bertz CT molecular complexity index is 654. The summed E-state index contributed by atoms with van der Waals surface area (Å²) in [6.07, 6.45) is 0. The first-order chi connectivity index (χ1) is 11.2. The molecule has 23 heavy (non-hydrogen) atoms. The third kappa shape index (κ3) is 3.92. The van der Waals surface area contributed by atoms with Crippen molar-refractivity contribution < 1.29 is 14.4 Å². The molecule has 120 valence electrons. The van der Waals surface area contributed by atoms with Gasteiger partial charge in [0.15, 0.2) is 5.82 Å². The van der Waals surface area contributed by atoms with Crippen LogP contribution < -0.4 is 9.64 Å². The van der Waals surface area contributed by atoms with E-state index in [0.717, 1.165) is 24.5 Å². The SMILES string of the molecule is O=[N+]([O-])c1ccc(COc2ccc(N3CCOCC3)nn2)cc1. The van der Waals surface area contributed by atoms with Crippen molar-refractivity contribution in [1.82, 2.24) is 10.2 Å². The molecule has 1 aromatic heterocycles. The molecule has 1 aliphatic rings. The number of nitro benzene ring substituents is 1. The van der Waals surface area contributed by atoms with Crippen molar-refractivity contribution in [2.75, 3.05) is 31.2 Å². The second-order valence-corrected chi connectivity index (χ2v) is 5.04. The number of hydrogen-bond donors (Lipinski definition) is 0. The summed E-state index contributed by atoms with van der Waals surface area (Å²) < 4.78 is 10.8. The average molecular weight is 316 g/mol. The van der Waals surface area contributed by atoms with Crippen molar-refractivity contribution in [3.8, 4) is 5.88 Å². The van der Waals surface area contributed by atoms with E-state index < -0.39 is 4.92 Å². The summed E-state index contributed by atoms with van der Waals surface area (Å²) in [4.78, 5) is 12.3. The first kappa shape index (κ1) is 15.2. The van der Waals surface area contributed by atoms with Crippen LogP contribution in [0.5, 0.6) is 5.88 Å². The zero-order chi connectivity index (χ0) is 16.1. The lowest BCUT2D eigenvalue weighted by molar-refractivity contribution is -0.384. The predicted molar refractivity (Wildman–Crippen MR) is 82.5 cm³/mol. The fraction of sp³-hybridized carbons (Fsp3) is 0.333. The highest BCUT2D eigenvalue weighted by molar-refractivity contribution is 5.38. The van der Waals surface area contributed by atoms with E-state index in [1.807, 2.05) is 6.07 Å². The Morgan fingerprint density at radius 3 is 2.48 bits per heavy atom. The molecule has 1 saturated heterocycles. The largest absolute Gasteiger partial charge is 0.472 e. The van der Waals surface area contributed by atoms with E-state index in [2.05, 4.69) is 15.1 Å². The lowest BCUT2D eigenvalue weighted by Gasteiger charge is -2.27. The zero-order valence-electron chi connectivity index (χ0n) is 12.4. The van der Waals surface area contributed by atoms with Gasteiger partial charge in [-0.1, -0.05) is 0 Å². The third-order valence-electron chi connectivity index (χ3n) is 3.49. The number of nitrogens with zero attached hydrogens (tertiary/aromatic N) is 4. The maximum absolute atomic E-state index is 10.6. The number of hydrogen-bond acceptors (Lipinski definition) is 7. The molecule has 2 heterocycles. The molecule has 0 spiro atoms. The van der Waals surface area contributed by atoms with Crippen molar-refractivity contribution in [2.24, 2.45) is 0 Å². The molecular weight excluding hydrogens is 300 g/mol. The van der Waals surface area contributed by atoms with E-state index in [1.54, 1.807) is 18.2 Å². The van der Waals surface area contributed by atoms with Crippen LogP contribution in [0.4, 0.5) is 11.5 Å². The Morgan fingerprint density at radius 2 is 1.87 bits per heavy atom. The Labute approximate surface area is 132 Å². The molecular formula is C15H16N4O4. The summed E-state index contributed by atoms with van der Waals surface area (Å²) in [5, 5.41) is 18.8. The summed E-state index contributed by atoms with van der Waals surface area (Å²) >= 11 is 0. The third-order valence-corrected chi connectivity index (χ3v) is 3.49. The molecule has 0 amide bonds. The van der Waals surface area contributed by atoms with Crippen LogP contribution in [0.2, 0.25) is 0 Å². The molecule has 0 radical (unpaired) electrons. The van der Waals surface area contributed by atoms with Gasteiger partial charge in [0.1, 0.15) is 6.61 Å². The summed E-state index contributed by atoms with van der Waals surface area (Å²) in [7, 11) is 0. The standard InChI is InChI=1S/C15H16N4O4/c20-19(21)13-3-1-12(2-4-13)11-23-15-6-5-14(16-17-15)18-7-9-22-10-8-18/h1-6H,7-11H2. The molecule has 0 N–H and O–H groups in total. The lowest BCUT2D eigenvalue weighted by Crippen LogP contribution is -2.36. The van der Waals surface area contributed by atoms with Crippen LogP contribution in [0.1, 0.15) is 5.56 Å². The first-order valence-corrected chi connectivity index (χ1v) is 7.25. The van der Waals surface area contributed by atoms with Gasteiger partial charge in [-0.05, 0) is 23.8 Å². The Morgan fingerprint density at radius 1 is 1.13 bits per heavy atom. The number of aromatic nitrogens is 2. The van der Waals surface area contributed by atoms with Gasteiger partial charge < -0.3 is 14.4 Å². The number of anilines is 1. The summed E-state index contributed by atoms with van der Waals surface area (Å²) in [6, 6.07) is 9.85. The molecule has 3 rings (SSSR count). The quantitative estimate of drug-likeness (QED) is 0.613. The van der Waals surface area contributed by atoms with Crippen LogP contribution in [0, 0.1) is 10.1 Å². The van der Waals surface area contributed by atoms with E-state index in [1.165, 1.54) is 12.1 Å². The second-order valence-electron chi connectivity index (χ2n) is 5.04. The zero-order valence-corrected chi connectivity index (χ0v) is 12.4. The lowest BCUT2D eigenvalue weighted by atomic mass is 10.2. The number of morpholine rings is 1. The fourth-order valence-electron chi connectivity index (χ4n) is 2.22. The fourth-order valence-corrected chi connectivity index (χ4v) is 2.22. The summed E-state index contributed by atoms with van der Waals surface area (Å²) in [5.41, 5.74) is 0.887. The van der Waals surface area contributed by atoms with Crippen molar-refractivity contribution in [2.45, 2.75) is 6.61 Å². The van der Waals surface area contributed by atoms with Gasteiger partial charge in [-0.15, -0.1) is 10.2 Å². The monoisotopic (exact) mass is 316 g/mol. The molecule has 8 heteroatoms. The van der Waals surface area contributed by atoms with Crippen LogP contribution in [0.25, 0.3) is 0 Å². The van der Waals surface area contributed by atoms with Gasteiger partial charge in [-0.2, -0.15) is 0 Å². The maximum Gasteiger partial charge on any atom is 0.269 e. The van der Waals surface area contributed by atoms with Gasteiger partial charge in [0.2, 0.25) is 5.88 Å². The Hall–Kier alpha value is -2.74. The first-order valence-electron chi connectivity index (χ1n) is 7.25. The van der Waals surface area contributed by atoms with Crippen molar-refractivity contribution in [3.63, 3.8) is 0 Å². The van der Waals surface area contributed by atoms with Gasteiger partial charge in [-0.3, -0.25) is 10.1 Å². The van der Waals surface area contributed by atoms with Crippen molar-refractivity contribution >= 4 is 11.5 Å². The molecule has 1 fully saturated rings. The second kappa shape index (κ2) is 7.01. The highest BCUT2D eigenvalue weighted by atomic mass is 16.6. The molecule has 2 aromatic rings. The minimum absolute atomic E-state index is 0.0587. The molecule has 0 saturated carbocycles. The highest BCUT2D eigenvalue weighted by Gasteiger charge is 2.13. The predicted octanol–water partition coefficient (Wildman–Crippen LogP) is 1.80. The minimum atomic E-state index is -0.430. The number of benzene rings is 1. The number of ether oxygens (including phenoxy) is 2. The van der Waals surface area contributed by atoms with Crippen molar-refractivity contribution in [3.05, 3.63) is 52.1 Å². The number of rotatable bonds is 5. The van der Waals surface area contributed by atoms with Gasteiger partial charge in [0.25, 0.3) is 5.69 Å². The van der Waals surface area contributed by atoms with Crippen molar-refractivity contribution in [1.29, 1.82) is 0 Å². The van der Waals surface area contributed by atoms with Crippen LogP contribution >= 0.6 is 0 Å².